The van der Waals surface area contributed by atoms with Gasteiger partial charge in [0, 0.05) is 4.91 Å². The van der Waals surface area contributed by atoms with E-state index in [4.69, 9.17) is 15.0 Å². The first kappa shape index (κ1) is 14.6. The van der Waals surface area contributed by atoms with Crippen LogP contribution in [-0.2, 0) is 9.53 Å². The zero-order valence-electron chi connectivity index (χ0n) is 10.9. The average Bonchev–Trinajstić information content (AvgIpc) is 2.41. The molecule has 0 fully saturated rings. The van der Waals surface area contributed by atoms with Gasteiger partial charge in [0.15, 0.2) is 0 Å². The molecule has 0 heterocycles. The molecule has 1 aromatic carbocycles. The van der Waals surface area contributed by atoms with Gasteiger partial charge in [-0.25, -0.2) is 4.79 Å². The lowest BCUT2D eigenvalue weighted by Crippen LogP contribution is -2.05. The smallest absolute Gasteiger partial charge is 0.340 e. The lowest BCUT2D eigenvalue weighted by Gasteiger charge is -2.04. The average molecular weight is 261 g/mol. The zero-order valence-corrected chi connectivity index (χ0v) is 10.9. The van der Waals surface area contributed by atoms with E-state index in [9.17, 15) is 4.79 Å². The quantitative estimate of drug-likeness (QED) is 0.259. The van der Waals surface area contributed by atoms with Gasteiger partial charge in [0.25, 0.3) is 0 Å². The largest absolute Gasteiger partial charge is 0.494 e. The summed E-state index contributed by atoms with van der Waals surface area (Å²) in [6.45, 7) is 4.39. The van der Waals surface area contributed by atoms with E-state index in [2.05, 4.69) is 10.0 Å². The summed E-state index contributed by atoms with van der Waals surface area (Å²) in [5.41, 5.74) is 9.08. The van der Waals surface area contributed by atoms with E-state index in [-0.39, 0.29) is 12.3 Å². The molecule has 0 radical (unpaired) electrons. The molecule has 1 rings (SSSR count). The molecule has 0 aliphatic carbocycles. The Morgan fingerprint density at radius 3 is 2.53 bits per heavy atom. The number of carbonyl (C=O) groups excluding carboxylic acids is 1. The van der Waals surface area contributed by atoms with Crippen LogP contribution in [0.25, 0.3) is 16.5 Å². The second-order valence-corrected chi connectivity index (χ2v) is 3.44. The normalized spacial score (nSPS) is 10.5. The van der Waals surface area contributed by atoms with Crippen LogP contribution in [0.15, 0.2) is 35.1 Å². The second-order valence-electron chi connectivity index (χ2n) is 3.44. The minimum Gasteiger partial charge on any atom is -0.494 e. The topological polar surface area (TPSA) is 84.3 Å². The molecule has 0 aromatic heterocycles. The summed E-state index contributed by atoms with van der Waals surface area (Å²) >= 11 is 0. The molecule has 0 aliphatic rings. The number of azide groups is 1. The molecular weight excluding hydrogens is 246 g/mol. The Balaban J connectivity index is 2.95. The SMILES string of the molecule is CCOC(=O)C(=Cc1ccc(OCC)cc1)N=[N+]=[N-]. The van der Waals surface area contributed by atoms with E-state index in [1.54, 1.807) is 31.2 Å². The molecule has 19 heavy (non-hydrogen) atoms. The van der Waals surface area contributed by atoms with Gasteiger partial charge in [0.1, 0.15) is 11.4 Å². The number of rotatable bonds is 6. The Labute approximate surface area is 111 Å². The third kappa shape index (κ3) is 4.73. The predicted molar refractivity (Wildman–Crippen MR) is 71.4 cm³/mol. The summed E-state index contributed by atoms with van der Waals surface area (Å²) in [4.78, 5) is 14.1. The highest BCUT2D eigenvalue weighted by Crippen LogP contribution is 2.15. The van der Waals surface area contributed by atoms with Gasteiger partial charge in [0.05, 0.1) is 13.2 Å². The molecule has 0 atom stereocenters. The Bertz CT molecular complexity index is 502. The van der Waals surface area contributed by atoms with Gasteiger partial charge in [-0.2, -0.15) is 0 Å². The summed E-state index contributed by atoms with van der Waals surface area (Å²) in [7, 11) is 0. The van der Waals surface area contributed by atoms with Crippen molar-refractivity contribution < 1.29 is 14.3 Å². The highest BCUT2D eigenvalue weighted by atomic mass is 16.5. The van der Waals surface area contributed by atoms with Crippen LogP contribution in [0.1, 0.15) is 19.4 Å². The van der Waals surface area contributed by atoms with Gasteiger partial charge >= 0.3 is 5.97 Å². The molecule has 0 amide bonds. The molecule has 6 nitrogen and oxygen atoms in total. The van der Waals surface area contributed by atoms with Gasteiger partial charge in [-0.15, -0.1) is 0 Å². The number of ether oxygens (including phenoxy) is 2. The van der Waals surface area contributed by atoms with E-state index >= 15 is 0 Å². The minimum atomic E-state index is -0.644. The molecule has 6 heteroatoms. The molecule has 0 unspecified atom stereocenters. The Morgan fingerprint density at radius 1 is 1.32 bits per heavy atom. The molecule has 0 spiro atoms. The van der Waals surface area contributed by atoms with Crippen LogP contribution in [0.4, 0.5) is 0 Å². The minimum absolute atomic E-state index is 0.0755. The zero-order chi connectivity index (χ0) is 14.1. The van der Waals surface area contributed by atoms with Crippen LogP contribution in [0.3, 0.4) is 0 Å². The fraction of sp³-hybridized carbons (Fsp3) is 0.308. The van der Waals surface area contributed by atoms with Gasteiger partial charge in [-0.05, 0) is 43.2 Å². The van der Waals surface area contributed by atoms with Crippen LogP contribution in [0, 0.1) is 0 Å². The maximum Gasteiger partial charge on any atom is 0.340 e. The predicted octanol–water partition coefficient (Wildman–Crippen LogP) is 3.30. The third-order valence-corrected chi connectivity index (χ3v) is 2.13. The van der Waals surface area contributed by atoms with Crippen molar-refractivity contribution in [3.05, 3.63) is 46.0 Å². The van der Waals surface area contributed by atoms with Crippen LogP contribution in [0.2, 0.25) is 0 Å². The first-order chi connectivity index (χ1) is 9.21. The third-order valence-electron chi connectivity index (χ3n) is 2.13. The molecule has 0 saturated heterocycles. The first-order valence-corrected chi connectivity index (χ1v) is 5.88. The Hall–Kier alpha value is -2.46. The van der Waals surface area contributed by atoms with E-state index in [1.165, 1.54) is 6.08 Å². The Kier molecular flexibility index (Phi) is 5.98. The molecule has 0 saturated carbocycles. The van der Waals surface area contributed by atoms with Crippen LogP contribution in [-0.4, -0.2) is 19.2 Å². The van der Waals surface area contributed by atoms with Crippen molar-refractivity contribution in [2.24, 2.45) is 5.11 Å². The molecule has 1 aromatic rings. The van der Waals surface area contributed by atoms with E-state index in [0.717, 1.165) is 11.3 Å². The lowest BCUT2D eigenvalue weighted by molar-refractivity contribution is -0.138. The van der Waals surface area contributed by atoms with Crippen LogP contribution in [0.5, 0.6) is 5.75 Å². The molecule has 100 valence electrons. The fourth-order valence-electron chi connectivity index (χ4n) is 1.37. The fourth-order valence-corrected chi connectivity index (χ4v) is 1.37. The highest BCUT2D eigenvalue weighted by molar-refractivity contribution is 5.93. The van der Waals surface area contributed by atoms with E-state index < -0.39 is 5.97 Å². The van der Waals surface area contributed by atoms with Gasteiger partial charge in [-0.3, -0.25) is 0 Å². The van der Waals surface area contributed by atoms with Crippen molar-refractivity contribution in [2.75, 3.05) is 13.2 Å². The monoisotopic (exact) mass is 261 g/mol. The lowest BCUT2D eigenvalue weighted by atomic mass is 10.2. The Morgan fingerprint density at radius 2 is 2.00 bits per heavy atom. The summed E-state index contributed by atoms with van der Waals surface area (Å²) in [6.07, 6.45) is 1.47. The summed E-state index contributed by atoms with van der Waals surface area (Å²) in [5, 5.41) is 3.33. The second kappa shape index (κ2) is 7.79. The number of benzene rings is 1. The van der Waals surface area contributed by atoms with Crippen LogP contribution >= 0.6 is 0 Å². The maximum absolute atomic E-state index is 11.5. The number of hydrogen-bond donors (Lipinski definition) is 0. The van der Waals surface area contributed by atoms with E-state index in [0.29, 0.717) is 6.61 Å². The maximum atomic E-state index is 11.5. The summed E-state index contributed by atoms with van der Waals surface area (Å²) in [5.74, 6) is 0.0929. The van der Waals surface area contributed by atoms with Crippen molar-refractivity contribution in [1.82, 2.24) is 0 Å². The number of carbonyl (C=O) groups is 1. The number of nitrogens with zero attached hydrogens (tertiary/aromatic N) is 3. The summed E-state index contributed by atoms with van der Waals surface area (Å²) < 4.78 is 10.1. The number of esters is 1. The molecular formula is C13H15N3O3. The van der Waals surface area contributed by atoms with Gasteiger partial charge < -0.3 is 9.47 Å². The molecule has 0 aliphatic heterocycles. The van der Waals surface area contributed by atoms with Crippen LogP contribution < -0.4 is 4.74 Å². The van der Waals surface area contributed by atoms with Gasteiger partial charge in [0.2, 0.25) is 0 Å². The van der Waals surface area contributed by atoms with Crippen molar-refractivity contribution >= 4 is 12.0 Å². The standard InChI is InChI=1S/C13H15N3O3/c1-3-18-11-7-5-10(6-8-11)9-12(15-16-14)13(17)19-4-2/h5-9H,3-4H2,1-2H3. The highest BCUT2D eigenvalue weighted by Gasteiger charge is 2.08. The van der Waals surface area contributed by atoms with Crippen molar-refractivity contribution in [3.63, 3.8) is 0 Å². The van der Waals surface area contributed by atoms with Crippen molar-refractivity contribution in [2.45, 2.75) is 13.8 Å². The van der Waals surface area contributed by atoms with Gasteiger partial charge in [-0.1, -0.05) is 17.2 Å². The van der Waals surface area contributed by atoms with Crippen molar-refractivity contribution in [1.29, 1.82) is 0 Å². The molecule has 0 bridgehead atoms. The molecule has 0 N–H and O–H groups in total. The summed E-state index contributed by atoms with van der Waals surface area (Å²) in [6, 6.07) is 7.07. The van der Waals surface area contributed by atoms with Crippen molar-refractivity contribution in [3.8, 4) is 5.75 Å². The number of hydrogen-bond acceptors (Lipinski definition) is 4. The van der Waals surface area contributed by atoms with E-state index in [1.807, 2.05) is 6.92 Å². The first-order valence-electron chi connectivity index (χ1n) is 5.88.